The Morgan fingerprint density at radius 2 is 2.00 bits per heavy atom. The minimum atomic E-state index is -0.285. The van der Waals surface area contributed by atoms with Crippen molar-refractivity contribution < 1.29 is 13.9 Å². The van der Waals surface area contributed by atoms with E-state index in [1.807, 2.05) is 35.4 Å². The number of piperidine rings is 2. The Bertz CT molecular complexity index is 1050. The van der Waals surface area contributed by atoms with Crippen LogP contribution in [0.25, 0.3) is 10.6 Å². The van der Waals surface area contributed by atoms with E-state index >= 15 is 0 Å². The molecule has 3 aromatic rings. The number of aromatic nitrogens is 1. The van der Waals surface area contributed by atoms with Crippen LogP contribution in [0.5, 0.6) is 5.75 Å². The zero-order chi connectivity index (χ0) is 20.7. The summed E-state index contributed by atoms with van der Waals surface area (Å²) >= 11 is 1.54. The average molecular weight is 423 g/mol. The first kappa shape index (κ1) is 19.2. The number of fused-ring (bicyclic) bond motifs is 2. The third kappa shape index (κ3) is 3.60. The van der Waals surface area contributed by atoms with Gasteiger partial charge < -0.3 is 9.64 Å². The lowest BCUT2D eigenvalue weighted by molar-refractivity contribution is -0.0305. The fourth-order valence-corrected chi connectivity index (χ4v) is 5.31. The van der Waals surface area contributed by atoms with Crippen LogP contribution in [0.15, 0.2) is 54.0 Å². The number of hydrogen-bond donors (Lipinski definition) is 0. The maximum atomic E-state index is 13.8. The van der Waals surface area contributed by atoms with Crippen LogP contribution in [-0.2, 0) is 0 Å². The van der Waals surface area contributed by atoms with Gasteiger partial charge in [0.1, 0.15) is 23.2 Å². The second-order valence-electron chi connectivity index (χ2n) is 8.24. The third-order valence-corrected chi connectivity index (χ3v) is 6.97. The minimum Gasteiger partial charge on any atom is -0.491 e. The summed E-state index contributed by atoms with van der Waals surface area (Å²) < 4.78 is 19.1. The molecule has 0 N–H and O–H groups in total. The number of aryl methyl sites for hydroxylation is 1. The van der Waals surface area contributed by atoms with Crippen LogP contribution in [0.2, 0.25) is 0 Å². The number of rotatable bonds is 5. The number of amides is 1. The fraction of sp³-hybridized carbons (Fsp3) is 0.333. The van der Waals surface area contributed by atoms with Crippen LogP contribution in [0.3, 0.4) is 0 Å². The number of halogens is 1. The van der Waals surface area contributed by atoms with Gasteiger partial charge in [-0.15, -0.1) is 11.3 Å². The van der Waals surface area contributed by atoms with Gasteiger partial charge in [-0.25, -0.2) is 9.37 Å². The van der Waals surface area contributed by atoms with Gasteiger partial charge in [-0.1, -0.05) is 17.7 Å². The van der Waals surface area contributed by atoms with Crippen LogP contribution < -0.4 is 4.74 Å². The summed E-state index contributed by atoms with van der Waals surface area (Å²) in [4.78, 5) is 20.2. The Hall–Kier alpha value is -2.73. The smallest absolute Gasteiger partial charge is 0.255 e. The normalized spacial score (nSPS) is 22.5. The molecule has 2 saturated heterocycles. The van der Waals surface area contributed by atoms with Gasteiger partial charge in [-0.2, -0.15) is 0 Å². The number of hydrogen-bond acceptors (Lipinski definition) is 4. The Kier molecular flexibility index (Phi) is 5.03. The maximum absolute atomic E-state index is 13.8. The second kappa shape index (κ2) is 7.84. The SMILES string of the molecule is Cc1ccc(-c2nccs2)c(C(=O)N2C3CC(C3)C[C@@H]2COc2ccc(F)cc2)c1. The van der Waals surface area contributed by atoms with Gasteiger partial charge in [-0.05, 0) is 62.4 Å². The first-order valence-corrected chi connectivity index (χ1v) is 11.2. The second-order valence-corrected chi connectivity index (χ2v) is 9.14. The van der Waals surface area contributed by atoms with Crippen LogP contribution in [0.4, 0.5) is 4.39 Å². The molecule has 30 heavy (non-hydrogen) atoms. The molecule has 6 heteroatoms. The summed E-state index contributed by atoms with van der Waals surface area (Å²) in [6.07, 6.45) is 4.85. The van der Waals surface area contributed by atoms with Gasteiger partial charge in [-0.3, -0.25) is 4.79 Å². The van der Waals surface area contributed by atoms with Crippen molar-refractivity contribution in [2.75, 3.05) is 6.61 Å². The van der Waals surface area contributed by atoms with Gasteiger partial charge in [0.2, 0.25) is 0 Å². The van der Waals surface area contributed by atoms with Crippen molar-refractivity contribution >= 4 is 17.2 Å². The number of benzene rings is 2. The Morgan fingerprint density at radius 3 is 2.73 bits per heavy atom. The summed E-state index contributed by atoms with van der Waals surface area (Å²) in [5.74, 6) is 1.06. The zero-order valence-electron chi connectivity index (χ0n) is 16.8. The highest BCUT2D eigenvalue weighted by atomic mass is 32.1. The number of thiazole rings is 1. The summed E-state index contributed by atoms with van der Waals surface area (Å²) in [5, 5.41) is 2.79. The molecular formula is C24H23FN2O2S. The van der Waals surface area contributed by atoms with E-state index in [0.717, 1.165) is 35.4 Å². The van der Waals surface area contributed by atoms with Crippen molar-refractivity contribution in [3.63, 3.8) is 0 Å². The maximum Gasteiger partial charge on any atom is 0.255 e. The molecule has 0 unspecified atom stereocenters. The van der Waals surface area contributed by atoms with Crippen molar-refractivity contribution in [3.05, 3.63) is 71.0 Å². The summed E-state index contributed by atoms with van der Waals surface area (Å²) in [6, 6.07) is 12.3. The third-order valence-electron chi connectivity index (χ3n) is 6.16. The van der Waals surface area contributed by atoms with E-state index < -0.39 is 0 Å². The van der Waals surface area contributed by atoms with Crippen LogP contribution in [-0.4, -0.2) is 34.5 Å². The zero-order valence-corrected chi connectivity index (χ0v) is 17.6. The molecule has 2 bridgehead atoms. The number of nitrogens with zero attached hydrogens (tertiary/aromatic N) is 2. The fourth-order valence-electron chi connectivity index (χ4n) is 4.64. The molecule has 1 saturated carbocycles. The number of ether oxygens (including phenoxy) is 1. The predicted molar refractivity (Wildman–Crippen MR) is 115 cm³/mol. The Labute approximate surface area is 179 Å². The minimum absolute atomic E-state index is 0.0183. The molecule has 1 aromatic heterocycles. The largest absolute Gasteiger partial charge is 0.491 e. The van der Waals surface area contributed by atoms with Gasteiger partial charge >= 0.3 is 0 Å². The van der Waals surface area contributed by atoms with Gasteiger partial charge in [0.05, 0.1) is 11.6 Å². The molecule has 1 amide bonds. The monoisotopic (exact) mass is 422 g/mol. The van der Waals surface area contributed by atoms with Gasteiger partial charge in [0, 0.05) is 23.2 Å². The van der Waals surface area contributed by atoms with Crippen molar-refractivity contribution in [3.8, 4) is 16.3 Å². The molecule has 3 heterocycles. The van der Waals surface area contributed by atoms with Crippen molar-refractivity contribution in [2.45, 2.75) is 38.3 Å². The van der Waals surface area contributed by atoms with Crippen LogP contribution >= 0.6 is 11.3 Å². The first-order valence-electron chi connectivity index (χ1n) is 10.3. The number of carbonyl (C=O) groups excluding carboxylic acids is 1. The molecule has 3 fully saturated rings. The molecule has 0 radical (unpaired) electrons. The molecule has 2 aliphatic heterocycles. The van der Waals surface area contributed by atoms with Crippen LogP contribution in [0, 0.1) is 18.7 Å². The molecule has 4 nitrogen and oxygen atoms in total. The van der Waals surface area contributed by atoms with Crippen molar-refractivity contribution in [1.29, 1.82) is 0 Å². The van der Waals surface area contributed by atoms with Gasteiger partial charge in [0.15, 0.2) is 0 Å². The highest BCUT2D eigenvalue weighted by molar-refractivity contribution is 7.13. The first-order chi connectivity index (χ1) is 14.6. The molecular weight excluding hydrogens is 399 g/mol. The summed E-state index contributed by atoms with van der Waals surface area (Å²) in [5.41, 5.74) is 2.66. The van der Waals surface area contributed by atoms with E-state index in [2.05, 4.69) is 4.98 Å². The van der Waals surface area contributed by atoms with E-state index in [-0.39, 0.29) is 23.8 Å². The topological polar surface area (TPSA) is 42.4 Å². The Balaban J connectivity index is 1.42. The molecule has 6 rings (SSSR count). The number of carbonyl (C=O) groups is 1. The molecule has 1 atom stereocenters. The van der Waals surface area contributed by atoms with E-state index in [4.69, 9.17) is 4.74 Å². The van der Waals surface area contributed by atoms with Gasteiger partial charge in [0.25, 0.3) is 5.91 Å². The van der Waals surface area contributed by atoms with Crippen molar-refractivity contribution in [2.24, 2.45) is 5.92 Å². The molecule has 154 valence electrons. The molecule has 1 aliphatic carbocycles. The standard InChI is InChI=1S/C24H23FN2O2S/c1-15-2-7-21(23-26-8-9-30-23)22(10-15)24(28)27-18-11-16(12-18)13-19(27)14-29-20-5-3-17(25)4-6-20/h2-10,16,18-19H,11-14H2,1H3/t16?,18?,19-/m1/s1. The lowest BCUT2D eigenvalue weighted by Gasteiger charge is -2.53. The average Bonchev–Trinajstić information content (AvgIpc) is 3.26. The van der Waals surface area contributed by atoms with Crippen LogP contribution in [0.1, 0.15) is 35.2 Å². The van der Waals surface area contributed by atoms with E-state index in [1.54, 1.807) is 29.7 Å². The van der Waals surface area contributed by atoms with E-state index in [9.17, 15) is 9.18 Å². The quantitative estimate of drug-likeness (QED) is 0.558. The lowest BCUT2D eigenvalue weighted by atomic mass is 9.70. The molecule has 3 aliphatic rings. The lowest BCUT2D eigenvalue weighted by Crippen LogP contribution is -2.60. The van der Waals surface area contributed by atoms with E-state index in [0.29, 0.717) is 23.8 Å². The van der Waals surface area contributed by atoms with E-state index in [1.165, 1.54) is 12.1 Å². The highest BCUT2D eigenvalue weighted by Gasteiger charge is 2.47. The summed E-state index contributed by atoms with van der Waals surface area (Å²) in [6.45, 7) is 2.43. The summed E-state index contributed by atoms with van der Waals surface area (Å²) in [7, 11) is 0. The highest BCUT2D eigenvalue weighted by Crippen LogP contribution is 2.44. The molecule has 0 spiro atoms. The molecule has 2 aromatic carbocycles. The van der Waals surface area contributed by atoms with Crippen molar-refractivity contribution in [1.82, 2.24) is 9.88 Å². The predicted octanol–water partition coefficient (Wildman–Crippen LogP) is 5.33. The Morgan fingerprint density at radius 1 is 1.20 bits per heavy atom.